The summed E-state index contributed by atoms with van der Waals surface area (Å²) in [5.41, 5.74) is 0.451. The maximum Gasteiger partial charge on any atom is 0.333 e. The molecule has 0 bridgehead atoms. The Morgan fingerprint density at radius 2 is 1.60 bits per heavy atom. The van der Waals surface area contributed by atoms with Crippen molar-refractivity contribution in [3.8, 4) is 0 Å². The number of carbonyl (C=O) groups excluding carboxylic acids is 1. The van der Waals surface area contributed by atoms with Gasteiger partial charge in [-0.05, 0) is 33.1 Å². The van der Waals surface area contributed by atoms with Crippen molar-refractivity contribution in [2.75, 3.05) is 13.2 Å². The number of ether oxygens (including phenoxy) is 1. The molecule has 20 heavy (non-hydrogen) atoms. The van der Waals surface area contributed by atoms with Crippen LogP contribution in [0.1, 0.15) is 65.2 Å². The van der Waals surface area contributed by atoms with Crippen molar-refractivity contribution in [2.24, 2.45) is 0 Å². The Bertz CT molecular complexity index is 247. The van der Waals surface area contributed by atoms with E-state index in [1.54, 1.807) is 13.8 Å². The molecule has 0 heterocycles. The molecule has 0 rings (SSSR count). The number of aliphatic hydroxyl groups excluding tert-OH is 1. The fourth-order valence-corrected chi connectivity index (χ4v) is 1.54. The van der Waals surface area contributed by atoms with Gasteiger partial charge in [0, 0.05) is 12.2 Å². The Hall–Kier alpha value is -1.09. The van der Waals surface area contributed by atoms with Gasteiger partial charge >= 0.3 is 5.97 Å². The van der Waals surface area contributed by atoms with Crippen LogP contribution in [-0.2, 0) is 9.53 Å². The zero-order valence-electron chi connectivity index (χ0n) is 13.3. The highest BCUT2D eigenvalue weighted by molar-refractivity contribution is 5.86. The van der Waals surface area contributed by atoms with Crippen LogP contribution in [0, 0.1) is 0 Å². The highest BCUT2D eigenvalue weighted by atomic mass is 16.5. The summed E-state index contributed by atoms with van der Waals surface area (Å²) in [6.45, 7) is 11.3. The zero-order valence-corrected chi connectivity index (χ0v) is 13.3. The summed E-state index contributed by atoms with van der Waals surface area (Å²) in [7, 11) is 0. The molecular weight excluding hydrogens is 252 g/mol. The standard InChI is InChI=1S/C11H22O.C6H10O2/c1-2-3-4-5-6-7-8-9-10-11-12;1-4-8-6(7)5(2)3/h2,12H,1,3-11H2;2,4H2,1,3H3. The highest BCUT2D eigenvalue weighted by Crippen LogP contribution is 2.08. The maximum atomic E-state index is 10.4. The molecule has 0 aliphatic rings. The average molecular weight is 284 g/mol. The third-order valence-electron chi connectivity index (χ3n) is 2.69. The minimum atomic E-state index is -0.312. The predicted molar refractivity (Wildman–Crippen MR) is 85.7 cm³/mol. The molecular formula is C17H32O3. The van der Waals surface area contributed by atoms with E-state index in [0.717, 1.165) is 12.8 Å². The van der Waals surface area contributed by atoms with Gasteiger partial charge in [-0.1, -0.05) is 44.8 Å². The summed E-state index contributed by atoms with van der Waals surface area (Å²) in [5.74, 6) is -0.312. The molecule has 0 aromatic rings. The number of allylic oxidation sites excluding steroid dienone is 1. The van der Waals surface area contributed by atoms with Gasteiger partial charge in [0.15, 0.2) is 0 Å². The lowest BCUT2D eigenvalue weighted by molar-refractivity contribution is -0.138. The second-order valence-electron chi connectivity index (χ2n) is 4.78. The van der Waals surface area contributed by atoms with Crippen molar-refractivity contribution in [1.82, 2.24) is 0 Å². The molecule has 0 unspecified atom stereocenters. The van der Waals surface area contributed by atoms with Crippen LogP contribution in [0.15, 0.2) is 24.8 Å². The smallest absolute Gasteiger partial charge is 0.333 e. The second-order valence-corrected chi connectivity index (χ2v) is 4.78. The van der Waals surface area contributed by atoms with Gasteiger partial charge in [-0.2, -0.15) is 0 Å². The number of rotatable bonds is 11. The molecule has 0 aliphatic heterocycles. The van der Waals surface area contributed by atoms with Crippen LogP contribution in [0.4, 0.5) is 0 Å². The number of aliphatic hydroxyl groups is 1. The third-order valence-corrected chi connectivity index (χ3v) is 2.69. The van der Waals surface area contributed by atoms with Crippen LogP contribution in [0.2, 0.25) is 0 Å². The van der Waals surface area contributed by atoms with Crippen LogP contribution in [0.3, 0.4) is 0 Å². The zero-order chi connectivity index (χ0) is 15.6. The first-order valence-corrected chi connectivity index (χ1v) is 7.64. The second kappa shape index (κ2) is 17.9. The van der Waals surface area contributed by atoms with Gasteiger partial charge in [-0.15, -0.1) is 6.58 Å². The summed E-state index contributed by atoms with van der Waals surface area (Å²) >= 11 is 0. The van der Waals surface area contributed by atoms with E-state index in [9.17, 15) is 4.79 Å². The summed E-state index contributed by atoms with van der Waals surface area (Å²) < 4.78 is 4.56. The van der Waals surface area contributed by atoms with Crippen LogP contribution in [0.5, 0.6) is 0 Å². The van der Waals surface area contributed by atoms with E-state index in [0.29, 0.717) is 18.8 Å². The first-order valence-electron chi connectivity index (χ1n) is 7.64. The van der Waals surface area contributed by atoms with Crippen LogP contribution in [-0.4, -0.2) is 24.3 Å². The summed E-state index contributed by atoms with van der Waals surface area (Å²) in [4.78, 5) is 10.4. The monoisotopic (exact) mass is 284 g/mol. The molecule has 0 aromatic carbocycles. The molecule has 0 aliphatic carbocycles. The number of hydrogen-bond acceptors (Lipinski definition) is 3. The number of unbranched alkanes of at least 4 members (excludes halogenated alkanes) is 7. The van der Waals surface area contributed by atoms with Crippen LogP contribution in [0.25, 0.3) is 0 Å². The van der Waals surface area contributed by atoms with E-state index < -0.39 is 0 Å². The van der Waals surface area contributed by atoms with Gasteiger partial charge in [0.05, 0.1) is 6.61 Å². The number of carbonyl (C=O) groups is 1. The van der Waals surface area contributed by atoms with Gasteiger partial charge in [0.25, 0.3) is 0 Å². The van der Waals surface area contributed by atoms with Crippen molar-refractivity contribution in [1.29, 1.82) is 0 Å². The van der Waals surface area contributed by atoms with Crippen molar-refractivity contribution < 1.29 is 14.6 Å². The molecule has 0 aromatic heterocycles. The van der Waals surface area contributed by atoms with Crippen molar-refractivity contribution in [3.05, 3.63) is 24.8 Å². The van der Waals surface area contributed by atoms with Gasteiger partial charge in [0.1, 0.15) is 0 Å². The Balaban J connectivity index is 0. The molecule has 0 saturated carbocycles. The molecule has 0 atom stereocenters. The third kappa shape index (κ3) is 19.3. The molecule has 3 heteroatoms. The van der Waals surface area contributed by atoms with Crippen molar-refractivity contribution in [3.63, 3.8) is 0 Å². The molecule has 3 nitrogen and oxygen atoms in total. The Labute approximate surface area is 124 Å². The first kappa shape index (κ1) is 21.2. The lowest BCUT2D eigenvalue weighted by Crippen LogP contribution is -2.03. The fourth-order valence-electron chi connectivity index (χ4n) is 1.54. The lowest BCUT2D eigenvalue weighted by Gasteiger charge is -1.99. The fraction of sp³-hybridized carbons (Fsp3) is 0.706. The van der Waals surface area contributed by atoms with E-state index in [4.69, 9.17) is 5.11 Å². The van der Waals surface area contributed by atoms with Crippen LogP contribution < -0.4 is 0 Å². The first-order chi connectivity index (χ1) is 9.59. The maximum absolute atomic E-state index is 10.4. The Morgan fingerprint density at radius 3 is 1.95 bits per heavy atom. The molecule has 0 amide bonds. The molecule has 0 radical (unpaired) electrons. The normalized spacial score (nSPS) is 9.35. The average Bonchev–Trinajstić information content (AvgIpc) is 2.43. The van der Waals surface area contributed by atoms with Gasteiger partial charge < -0.3 is 9.84 Å². The van der Waals surface area contributed by atoms with E-state index in [1.165, 1.54) is 38.5 Å². The highest BCUT2D eigenvalue weighted by Gasteiger charge is 1.98. The molecule has 0 fully saturated rings. The minimum Gasteiger partial charge on any atom is -0.463 e. The van der Waals surface area contributed by atoms with E-state index in [2.05, 4.69) is 17.9 Å². The van der Waals surface area contributed by atoms with E-state index in [-0.39, 0.29) is 5.97 Å². The van der Waals surface area contributed by atoms with Gasteiger partial charge in [-0.25, -0.2) is 4.79 Å². The lowest BCUT2D eigenvalue weighted by atomic mass is 10.1. The molecule has 0 saturated heterocycles. The topological polar surface area (TPSA) is 46.5 Å². The number of hydrogen-bond donors (Lipinski definition) is 1. The summed E-state index contributed by atoms with van der Waals surface area (Å²) in [6, 6.07) is 0. The largest absolute Gasteiger partial charge is 0.463 e. The number of esters is 1. The summed E-state index contributed by atoms with van der Waals surface area (Å²) in [6.07, 6.45) is 11.9. The van der Waals surface area contributed by atoms with E-state index >= 15 is 0 Å². The van der Waals surface area contributed by atoms with Gasteiger partial charge in [0.2, 0.25) is 0 Å². The summed E-state index contributed by atoms with van der Waals surface area (Å²) in [5, 5.41) is 8.53. The predicted octanol–water partition coefficient (Wildman–Crippen LogP) is 4.41. The quantitative estimate of drug-likeness (QED) is 0.264. The Kier molecular flexibility index (Phi) is 19.0. The Morgan fingerprint density at radius 1 is 1.10 bits per heavy atom. The SMILES string of the molecule is C=C(C)C(=O)OCC.C=CCCCCCCCCCO. The van der Waals surface area contributed by atoms with Crippen molar-refractivity contribution in [2.45, 2.75) is 65.2 Å². The molecule has 0 spiro atoms. The molecule has 118 valence electrons. The van der Waals surface area contributed by atoms with E-state index in [1.807, 2.05) is 6.08 Å². The molecule has 1 N–H and O–H groups in total. The van der Waals surface area contributed by atoms with Crippen LogP contribution >= 0.6 is 0 Å². The van der Waals surface area contributed by atoms with Crippen molar-refractivity contribution >= 4 is 5.97 Å². The van der Waals surface area contributed by atoms with Gasteiger partial charge in [-0.3, -0.25) is 0 Å². The minimum absolute atomic E-state index is 0.312.